The van der Waals surface area contributed by atoms with Gasteiger partial charge < -0.3 is 15.0 Å². The van der Waals surface area contributed by atoms with Crippen LogP contribution in [0.2, 0.25) is 0 Å². The Hall–Kier alpha value is -2.16. The highest BCUT2D eigenvalue weighted by Gasteiger charge is 2.18. The molecule has 1 unspecified atom stereocenters. The first-order valence-corrected chi connectivity index (χ1v) is 6.88. The van der Waals surface area contributed by atoms with Crippen LogP contribution >= 0.6 is 0 Å². The van der Waals surface area contributed by atoms with Crippen molar-refractivity contribution in [1.29, 1.82) is 0 Å². The number of hydrogen-bond donors (Lipinski definition) is 3. The van der Waals surface area contributed by atoms with Gasteiger partial charge in [-0.15, -0.1) is 0 Å². The molecule has 1 atom stereocenters. The third-order valence-electron chi connectivity index (χ3n) is 2.75. The number of nitrogens with zero attached hydrogens (tertiary/aromatic N) is 4. The summed E-state index contributed by atoms with van der Waals surface area (Å²) >= 11 is 0. The van der Waals surface area contributed by atoms with E-state index in [1.807, 2.05) is 13.8 Å². The highest BCUT2D eigenvalue weighted by atomic mass is 16.5. The molecular weight excluding hydrogens is 274 g/mol. The van der Waals surface area contributed by atoms with Gasteiger partial charge in [-0.3, -0.25) is 10.2 Å². The Morgan fingerprint density at radius 3 is 2.57 bits per heavy atom. The van der Waals surface area contributed by atoms with E-state index in [-0.39, 0.29) is 23.8 Å². The number of carbonyl (C=O) groups is 1. The number of carbonyl (C=O) groups excluding carboxylic acids is 1. The van der Waals surface area contributed by atoms with E-state index in [0.29, 0.717) is 13.2 Å². The van der Waals surface area contributed by atoms with Crippen LogP contribution in [0.3, 0.4) is 0 Å². The molecule has 0 aliphatic carbocycles. The van der Waals surface area contributed by atoms with Crippen LogP contribution < -0.4 is 21.3 Å². The molecule has 1 amide bonds. The molecule has 4 N–H and O–H groups in total. The zero-order valence-electron chi connectivity index (χ0n) is 12.9. The summed E-state index contributed by atoms with van der Waals surface area (Å²) in [6.45, 7) is 6.73. The maximum absolute atomic E-state index is 12.0. The fourth-order valence-corrected chi connectivity index (χ4v) is 1.49. The highest BCUT2D eigenvalue weighted by Crippen LogP contribution is 2.12. The van der Waals surface area contributed by atoms with E-state index < -0.39 is 6.04 Å². The molecule has 0 spiro atoms. The van der Waals surface area contributed by atoms with Crippen LogP contribution in [0.5, 0.6) is 6.01 Å². The number of amides is 1. The molecule has 1 aromatic heterocycles. The van der Waals surface area contributed by atoms with E-state index in [2.05, 4.69) is 25.7 Å². The summed E-state index contributed by atoms with van der Waals surface area (Å²) in [6.07, 6.45) is 0.829. The second-order valence-corrected chi connectivity index (χ2v) is 4.48. The Morgan fingerprint density at radius 2 is 2.00 bits per heavy atom. The average molecular weight is 297 g/mol. The fourth-order valence-electron chi connectivity index (χ4n) is 1.49. The average Bonchev–Trinajstić information content (AvgIpc) is 2.50. The van der Waals surface area contributed by atoms with Gasteiger partial charge in [0, 0.05) is 13.6 Å². The van der Waals surface area contributed by atoms with E-state index in [1.54, 1.807) is 18.9 Å². The van der Waals surface area contributed by atoms with Crippen molar-refractivity contribution in [3.05, 3.63) is 0 Å². The first kappa shape index (κ1) is 16.9. The van der Waals surface area contributed by atoms with Crippen molar-refractivity contribution < 1.29 is 9.53 Å². The lowest BCUT2D eigenvalue weighted by Gasteiger charge is -2.20. The van der Waals surface area contributed by atoms with Gasteiger partial charge in [-0.25, -0.2) is 5.84 Å². The van der Waals surface area contributed by atoms with Gasteiger partial charge in [-0.05, 0) is 20.3 Å². The van der Waals surface area contributed by atoms with Gasteiger partial charge in [0.1, 0.15) is 6.04 Å². The van der Waals surface area contributed by atoms with Crippen LogP contribution in [0.4, 0.5) is 11.9 Å². The van der Waals surface area contributed by atoms with Crippen molar-refractivity contribution >= 4 is 17.8 Å². The summed E-state index contributed by atoms with van der Waals surface area (Å²) in [5.41, 5.74) is 2.34. The predicted molar refractivity (Wildman–Crippen MR) is 79.8 cm³/mol. The van der Waals surface area contributed by atoms with E-state index in [1.165, 1.54) is 0 Å². The normalized spacial score (nSPS) is 11.7. The highest BCUT2D eigenvalue weighted by molar-refractivity contribution is 5.83. The van der Waals surface area contributed by atoms with Crippen LogP contribution in [0.15, 0.2) is 0 Å². The minimum Gasteiger partial charge on any atom is -0.463 e. The zero-order valence-corrected chi connectivity index (χ0v) is 12.9. The molecule has 0 aliphatic rings. The Bertz CT molecular complexity index is 469. The molecule has 1 heterocycles. The van der Waals surface area contributed by atoms with Gasteiger partial charge in [-0.2, -0.15) is 15.0 Å². The molecule has 1 aromatic rings. The van der Waals surface area contributed by atoms with Crippen LogP contribution in [-0.4, -0.2) is 52.0 Å². The van der Waals surface area contributed by atoms with E-state index >= 15 is 0 Å². The minimum atomic E-state index is -0.470. The standard InChI is InChI=1S/C12H23N7O2/c1-5-7-21-12-16-10(15-11(17-12)18-13)14-8(3)9(20)19(4)6-2/h8H,5-7,13H2,1-4H3,(H2,14,15,16,17,18). The molecular formula is C12H23N7O2. The van der Waals surface area contributed by atoms with Gasteiger partial charge in [0.05, 0.1) is 6.61 Å². The van der Waals surface area contributed by atoms with Crippen LogP contribution in [0.1, 0.15) is 27.2 Å². The van der Waals surface area contributed by atoms with Crippen LogP contribution in [-0.2, 0) is 4.79 Å². The summed E-state index contributed by atoms with van der Waals surface area (Å²) in [5, 5.41) is 2.92. The number of anilines is 2. The van der Waals surface area contributed by atoms with Crippen molar-refractivity contribution in [1.82, 2.24) is 19.9 Å². The Labute approximate surface area is 124 Å². The van der Waals surface area contributed by atoms with Crippen LogP contribution in [0.25, 0.3) is 0 Å². The van der Waals surface area contributed by atoms with Gasteiger partial charge in [0.15, 0.2) is 0 Å². The Balaban J connectivity index is 2.83. The number of ether oxygens (including phenoxy) is 1. The van der Waals surface area contributed by atoms with Gasteiger partial charge in [-0.1, -0.05) is 6.92 Å². The topological polar surface area (TPSA) is 118 Å². The maximum atomic E-state index is 12.0. The molecule has 0 saturated heterocycles. The maximum Gasteiger partial charge on any atom is 0.323 e. The SMILES string of the molecule is CCCOc1nc(NN)nc(NC(C)C(=O)N(C)CC)n1. The molecule has 9 nitrogen and oxygen atoms in total. The summed E-state index contributed by atoms with van der Waals surface area (Å²) in [5.74, 6) is 5.66. The van der Waals surface area contributed by atoms with Crippen molar-refractivity contribution in [3.8, 4) is 6.01 Å². The predicted octanol–water partition coefficient (Wildman–Crippen LogP) is 0.225. The minimum absolute atomic E-state index is 0.0591. The molecule has 0 radical (unpaired) electrons. The first-order valence-electron chi connectivity index (χ1n) is 6.88. The third kappa shape index (κ3) is 5.03. The second kappa shape index (κ2) is 8.20. The lowest BCUT2D eigenvalue weighted by atomic mass is 10.3. The number of nitrogens with two attached hydrogens (primary N) is 1. The molecule has 0 bridgehead atoms. The number of hydrazine groups is 1. The van der Waals surface area contributed by atoms with E-state index in [0.717, 1.165) is 6.42 Å². The monoisotopic (exact) mass is 297 g/mol. The van der Waals surface area contributed by atoms with Crippen LogP contribution in [0, 0.1) is 0 Å². The Kier molecular flexibility index (Phi) is 6.60. The van der Waals surface area contributed by atoms with Gasteiger partial charge in [0.2, 0.25) is 17.8 Å². The summed E-state index contributed by atoms with van der Waals surface area (Å²) in [7, 11) is 1.73. The molecule has 9 heteroatoms. The lowest BCUT2D eigenvalue weighted by molar-refractivity contribution is -0.130. The largest absolute Gasteiger partial charge is 0.463 e. The van der Waals surface area contributed by atoms with E-state index in [4.69, 9.17) is 10.6 Å². The number of aromatic nitrogens is 3. The molecule has 1 rings (SSSR count). The number of likely N-dealkylation sites (N-methyl/N-ethyl adjacent to an activating group) is 1. The summed E-state index contributed by atoms with van der Waals surface area (Å²) < 4.78 is 5.36. The molecule has 21 heavy (non-hydrogen) atoms. The van der Waals surface area contributed by atoms with Crippen molar-refractivity contribution in [2.24, 2.45) is 5.84 Å². The van der Waals surface area contributed by atoms with Crippen molar-refractivity contribution in [3.63, 3.8) is 0 Å². The summed E-state index contributed by atoms with van der Waals surface area (Å²) in [6, 6.07) is -0.312. The lowest BCUT2D eigenvalue weighted by Crippen LogP contribution is -2.39. The molecule has 0 aromatic carbocycles. The number of rotatable bonds is 8. The number of hydrogen-bond acceptors (Lipinski definition) is 8. The van der Waals surface area contributed by atoms with Gasteiger partial charge >= 0.3 is 6.01 Å². The van der Waals surface area contributed by atoms with Crippen molar-refractivity contribution in [2.45, 2.75) is 33.2 Å². The fraction of sp³-hybridized carbons (Fsp3) is 0.667. The zero-order chi connectivity index (χ0) is 15.8. The smallest absolute Gasteiger partial charge is 0.323 e. The molecule has 0 aliphatic heterocycles. The quantitative estimate of drug-likeness (QED) is 0.461. The molecule has 118 valence electrons. The molecule has 0 fully saturated rings. The first-order chi connectivity index (χ1) is 10.0. The van der Waals surface area contributed by atoms with Crippen molar-refractivity contribution in [2.75, 3.05) is 30.9 Å². The third-order valence-corrected chi connectivity index (χ3v) is 2.75. The molecule has 0 saturated carbocycles. The summed E-state index contributed by atoms with van der Waals surface area (Å²) in [4.78, 5) is 25.7. The second-order valence-electron chi connectivity index (χ2n) is 4.48. The van der Waals surface area contributed by atoms with Gasteiger partial charge in [0.25, 0.3) is 0 Å². The number of nitrogen functional groups attached to an aromatic ring is 1. The number of nitrogens with one attached hydrogen (secondary N) is 2. The Morgan fingerprint density at radius 1 is 1.33 bits per heavy atom. The van der Waals surface area contributed by atoms with E-state index in [9.17, 15) is 4.79 Å².